The van der Waals surface area contributed by atoms with E-state index in [4.69, 9.17) is 5.73 Å². The molecule has 33 heavy (non-hydrogen) atoms. The number of carbonyl (C=O) groups is 1. The first kappa shape index (κ1) is 22.6. The largest absolute Gasteiger partial charge is 0.368 e. The Morgan fingerprint density at radius 1 is 1.12 bits per heavy atom. The third kappa shape index (κ3) is 4.92. The van der Waals surface area contributed by atoms with Gasteiger partial charge in [-0.15, -0.1) is 0 Å². The molecule has 172 valence electrons. The van der Waals surface area contributed by atoms with Crippen LogP contribution in [0.2, 0.25) is 0 Å². The molecule has 0 saturated carbocycles. The van der Waals surface area contributed by atoms with E-state index in [-0.39, 0.29) is 29.0 Å². The predicted octanol–water partition coefficient (Wildman–Crippen LogP) is 3.16. The standard InChI is InChI=1S/C22H21F2N5O3S/c23-17-8-7-15(12-18(17)24)33(31,32)28-20-6-2-1-5-16(20)21(30)29-11-3-4-14(13-29)19-9-10-26-22(25)27-19/h1-2,5-10,12,14,28H,3-4,11,13H2,(H2,25,26,27). The van der Waals surface area contributed by atoms with Crippen molar-refractivity contribution in [1.82, 2.24) is 14.9 Å². The van der Waals surface area contributed by atoms with Crippen LogP contribution in [0.4, 0.5) is 20.4 Å². The third-order valence-electron chi connectivity index (χ3n) is 5.43. The first-order chi connectivity index (χ1) is 15.7. The van der Waals surface area contributed by atoms with Crippen molar-refractivity contribution < 1.29 is 22.0 Å². The van der Waals surface area contributed by atoms with Crippen LogP contribution in [0.25, 0.3) is 0 Å². The highest BCUT2D eigenvalue weighted by molar-refractivity contribution is 7.92. The van der Waals surface area contributed by atoms with E-state index >= 15 is 0 Å². The summed E-state index contributed by atoms with van der Waals surface area (Å²) in [5, 5.41) is 0. The first-order valence-corrected chi connectivity index (χ1v) is 11.7. The number of carbonyl (C=O) groups excluding carboxylic acids is 1. The smallest absolute Gasteiger partial charge is 0.262 e. The zero-order valence-corrected chi connectivity index (χ0v) is 18.2. The van der Waals surface area contributed by atoms with Gasteiger partial charge in [0.2, 0.25) is 5.95 Å². The number of hydrogen-bond donors (Lipinski definition) is 2. The second-order valence-electron chi connectivity index (χ2n) is 7.66. The maximum atomic E-state index is 13.6. The van der Waals surface area contributed by atoms with E-state index in [0.717, 1.165) is 30.7 Å². The molecule has 2 heterocycles. The molecule has 1 aliphatic heterocycles. The van der Waals surface area contributed by atoms with E-state index in [1.807, 2.05) is 0 Å². The molecule has 4 rings (SSSR count). The lowest BCUT2D eigenvalue weighted by Crippen LogP contribution is -2.39. The van der Waals surface area contributed by atoms with Gasteiger partial charge in [-0.2, -0.15) is 0 Å². The number of para-hydroxylation sites is 1. The molecule has 3 N–H and O–H groups in total. The molecule has 11 heteroatoms. The summed E-state index contributed by atoms with van der Waals surface area (Å²) >= 11 is 0. The number of piperidine rings is 1. The number of hydrogen-bond acceptors (Lipinski definition) is 6. The summed E-state index contributed by atoms with van der Waals surface area (Å²) in [5.74, 6) is -2.67. The summed E-state index contributed by atoms with van der Waals surface area (Å²) in [6.45, 7) is 0.889. The number of nitrogens with zero attached hydrogens (tertiary/aromatic N) is 3. The van der Waals surface area contributed by atoms with Gasteiger partial charge in [-0.25, -0.2) is 27.2 Å². The summed E-state index contributed by atoms with van der Waals surface area (Å²) in [4.78, 5) is 22.6. The summed E-state index contributed by atoms with van der Waals surface area (Å²) in [7, 11) is -4.26. The van der Waals surface area contributed by atoms with Crippen LogP contribution in [0.15, 0.2) is 59.6 Å². The molecule has 1 fully saturated rings. The number of likely N-dealkylation sites (tertiary alicyclic amines) is 1. The highest BCUT2D eigenvalue weighted by atomic mass is 32.2. The van der Waals surface area contributed by atoms with Gasteiger partial charge in [0.25, 0.3) is 15.9 Å². The van der Waals surface area contributed by atoms with Gasteiger partial charge in [-0.1, -0.05) is 12.1 Å². The average Bonchev–Trinajstić information content (AvgIpc) is 2.80. The van der Waals surface area contributed by atoms with Crippen LogP contribution in [-0.2, 0) is 10.0 Å². The molecule has 3 aromatic rings. The number of rotatable bonds is 5. The minimum atomic E-state index is -4.26. The SMILES string of the molecule is Nc1nccc(C2CCCN(C(=O)c3ccccc3NS(=O)(=O)c3ccc(F)c(F)c3)C2)n1. The van der Waals surface area contributed by atoms with Gasteiger partial charge in [0.05, 0.1) is 21.8 Å². The fourth-order valence-electron chi connectivity index (χ4n) is 3.80. The summed E-state index contributed by atoms with van der Waals surface area (Å²) in [6, 6.07) is 10.2. The topological polar surface area (TPSA) is 118 Å². The van der Waals surface area contributed by atoms with Gasteiger partial charge < -0.3 is 10.6 Å². The molecule has 1 saturated heterocycles. The van der Waals surface area contributed by atoms with Gasteiger partial charge in [-0.05, 0) is 49.2 Å². The monoisotopic (exact) mass is 473 g/mol. The number of halogens is 2. The maximum Gasteiger partial charge on any atom is 0.262 e. The van der Waals surface area contributed by atoms with E-state index < -0.39 is 26.6 Å². The second kappa shape index (κ2) is 9.10. The van der Waals surface area contributed by atoms with Crippen molar-refractivity contribution in [3.05, 3.63) is 77.6 Å². The number of amides is 1. The number of sulfonamides is 1. The van der Waals surface area contributed by atoms with Gasteiger partial charge in [-0.3, -0.25) is 9.52 Å². The summed E-state index contributed by atoms with van der Waals surface area (Å²) < 4.78 is 54.6. The van der Waals surface area contributed by atoms with E-state index in [2.05, 4.69) is 14.7 Å². The highest BCUT2D eigenvalue weighted by Crippen LogP contribution is 2.29. The van der Waals surface area contributed by atoms with Crippen LogP contribution < -0.4 is 10.5 Å². The molecule has 0 bridgehead atoms. The maximum absolute atomic E-state index is 13.6. The normalized spacial score (nSPS) is 16.4. The van der Waals surface area contributed by atoms with Crippen LogP contribution in [0.3, 0.4) is 0 Å². The van der Waals surface area contributed by atoms with E-state index in [1.165, 1.54) is 12.1 Å². The van der Waals surface area contributed by atoms with Crippen molar-refractivity contribution in [2.45, 2.75) is 23.7 Å². The Labute approximate surface area is 189 Å². The Morgan fingerprint density at radius 2 is 1.91 bits per heavy atom. The minimum Gasteiger partial charge on any atom is -0.368 e. The number of aromatic nitrogens is 2. The minimum absolute atomic E-state index is 0.0287. The molecular formula is C22H21F2N5O3S. The molecule has 1 aromatic heterocycles. The number of benzene rings is 2. The summed E-state index contributed by atoms with van der Waals surface area (Å²) in [5.41, 5.74) is 6.61. The number of nitrogens with two attached hydrogens (primary N) is 1. The van der Waals surface area contributed by atoms with Crippen LogP contribution in [-0.4, -0.2) is 42.3 Å². The quantitative estimate of drug-likeness (QED) is 0.588. The van der Waals surface area contributed by atoms with Crippen molar-refractivity contribution in [1.29, 1.82) is 0 Å². The Morgan fingerprint density at radius 3 is 2.67 bits per heavy atom. The Bertz CT molecular complexity index is 1300. The summed E-state index contributed by atoms with van der Waals surface area (Å²) in [6.07, 6.45) is 3.13. The number of nitrogen functional groups attached to an aromatic ring is 1. The zero-order chi connectivity index (χ0) is 23.6. The Balaban J connectivity index is 1.57. The van der Waals surface area contributed by atoms with Crippen LogP contribution in [0, 0.1) is 11.6 Å². The fraction of sp³-hybridized carbons (Fsp3) is 0.227. The number of nitrogens with one attached hydrogen (secondary N) is 1. The second-order valence-corrected chi connectivity index (χ2v) is 9.34. The van der Waals surface area contributed by atoms with Crippen molar-refractivity contribution in [3.63, 3.8) is 0 Å². The van der Waals surface area contributed by atoms with Crippen molar-refractivity contribution in [3.8, 4) is 0 Å². The zero-order valence-electron chi connectivity index (χ0n) is 17.4. The molecule has 1 amide bonds. The van der Waals surface area contributed by atoms with Crippen molar-refractivity contribution >= 4 is 27.6 Å². The number of anilines is 2. The lowest BCUT2D eigenvalue weighted by Gasteiger charge is -2.33. The molecule has 8 nitrogen and oxygen atoms in total. The molecule has 2 aromatic carbocycles. The van der Waals surface area contributed by atoms with Crippen LogP contribution in [0.1, 0.15) is 34.8 Å². The van der Waals surface area contributed by atoms with E-state index in [9.17, 15) is 22.0 Å². The third-order valence-corrected chi connectivity index (χ3v) is 6.79. The molecule has 1 aliphatic rings. The van der Waals surface area contributed by atoms with Gasteiger partial charge in [0, 0.05) is 25.2 Å². The van der Waals surface area contributed by atoms with Crippen LogP contribution >= 0.6 is 0 Å². The highest BCUT2D eigenvalue weighted by Gasteiger charge is 2.28. The molecule has 0 radical (unpaired) electrons. The van der Waals surface area contributed by atoms with Gasteiger partial charge >= 0.3 is 0 Å². The molecule has 1 unspecified atom stereocenters. The van der Waals surface area contributed by atoms with E-state index in [1.54, 1.807) is 29.3 Å². The lowest BCUT2D eigenvalue weighted by atomic mass is 9.94. The fourth-order valence-corrected chi connectivity index (χ4v) is 4.89. The molecule has 0 aliphatic carbocycles. The van der Waals surface area contributed by atoms with Gasteiger partial charge in [0.15, 0.2) is 11.6 Å². The van der Waals surface area contributed by atoms with Gasteiger partial charge in [0.1, 0.15) is 0 Å². The van der Waals surface area contributed by atoms with Crippen LogP contribution in [0.5, 0.6) is 0 Å². The predicted molar refractivity (Wildman–Crippen MR) is 118 cm³/mol. The molecular weight excluding hydrogens is 452 g/mol. The van der Waals surface area contributed by atoms with Crippen molar-refractivity contribution in [2.24, 2.45) is 0 Å². The Kier molecular flexibility index (Phi) is 6.23. The molecule has 1 atom stereocenters. The first-order valence-electron chi connectivity index (χ1n) is 10.2. The average molecular weight is 474 g/mol. The van der Waals surface area contributed by atoms with Crippen molar-refractivity contribution in [2.75, 3.05) is 23.5 Å². The molecule has 0 spiro atoms. The Hall–Kier alpha value is -3.60. The lowest BCUT2D eigenvalue weighted by molar-refractivity contribution is 0.0707. The van der Waals surface area contributed by atoms with E-state index in [0.29, 0.717) is 19.2 Å².